The molecule has 2 aliphatic rings. The number of aromatic hydroxyl groups is 1. The van der Waals surface area contributed by atoms with Crippen LogP contribution in [0.1, 0.15) is 23.6 Å². The Labute approximate surface area is 190 Å². The highest BCUT2D eigenvalue weighted by Gasteiger charge is 2.52. The van der Waals surface area contributed by atoms with Crippen LogP contribution in [0.25, 0.3) is 0 Å². The average Bonchev–Trinajstić information content (AvgIpc) is 3.12. The summed E-state index contributed by atoms with van der Waals surface area (Å²) in [5, 5.41) is 29.0. The molecule has 3 aromatic rings. The smallest absolute Gasteiger partial charge is 0.285 e. The zero-order valence-electron chi connectivity index (χ0n) is 17.8. The SMILES string of the molecule is CCOc1cc(/C=N/N2C(=O)C(C#N)=CC23c2ccccc2Nc2ccccc23)ccc1O. The second kappa shape index (κ2) is 7.84. The first-order chi connectivity index (χ1) is 16.1. The van der Waals surface area contributed by atoms with Crippen molar-refractivity contribution in [2.24, 2.45) is 5.10 Å². The normalized spacial score (nSPS) is 15.6. The monoisotopic (exact) mass is 436 g/mol. The van der Waals surface area contributed by atoms with Crippen LogP contribution in [0.2, 0.25) is 0 Å². The number of hydrogen-bond donors (Lipinski definition) is 2. The highest BCUT2D eigenvalue weighted by molar-refractivity contribution is 6.03. The number of phenolic OH excluding ortho intramolecular Hbond substituents is 1. The first-order valence-corrected chi connectivity index (χ1v) is 10.5. The summed E-state index contributed by atoms with van der Waals surface area (Å²) in [6.07, 6.45) is 3.22. The topological polar surface area (TPSA) is 98.0 Å². The molecule has 2 aliphatic heterocycles. The second-order valence-electron chi connectivity index (χ2n) is 7.67. The van der Waals surface area contributed by atoms with Crippen LogP contribution in [0.4, 0.5) is 11.4 Å². The Hall–Kier alpha value is -4.57. The number of rotatable bonds is 4. The number of nitrogens with one attached hydrogen (secondary N) is 1. The van der Waals surface area contributed by atoms with Gasteiger partial charge < -0.3 is 15.2 Å². The van der Waals surface area contributed by atoms with Gasteiger partial charge in [0.2, 0.25) is 0 Å². The van der Waals surface area contributed by atoms with E-state index in [-0.39, 0.29) is 11.3 Å². The van der Waals surface area contributed by atoms with Gasteiger partial charge in [0, 0.05) is 22.5 Å². The molecule has 0 bridgehead atoms. The first kappa shape index (κ1) is 20.3. The number of ether oxygens (including phenoxy) is 1. The van der Waals surface area contributed by atoms with E-state index >= 15 is 0 Å². The maximum Gasteiger partial charge on any atom is 0.285 e. The molecule has 1 amide bonds. The summed E-state index contributed by atoms with van der Waals surface area (Å²) in [7, 11) is 0. The van der Waals surface area contributed by atoms with Crippen molar-refractivity contribution in [2.75, 3.05) is 11.9 Å². The molecule has 0 saturated heterocycles. The summed E-state index contributed by atoms with van der Waals surface area (Å²) in [6, 6.07) is 22.2. The predicted molar refractivity (Wildman–Crippen MR) is 124 cm³/mol. The van der Waals surface area contributed by atoms with Crippen molar-refractivity contribution in [2.45, 2.75) is 12.5 Å². The lowest BCUT2D eigenvalue weighted by Gasteiger charge is -2.41. The number of hydrazone groups is 1. The Morgan fingerprint density at radius 1 is 1.12 bits per heavy atom. The molecule has 0 aromatic heterocycles. The Morgan fingerprint density at radius 3 is 2.42 bits per heavy atom. The van der Waals surface area contributed by atoms with Crippen molar-refractivity contribution < 1.29 is 14.6 Å². The van der Waals surface area contributed by atoms with Crippen LogP contribution in [-0.4, -0.2) is 28.8 Å². The lowest BCUT2D eigenvalue weighted by atomic mass is 9.78. The summed E-state index contributed by atoms with van der Waals surface area (Å²) in [5.41, 5.74) is 2.90. The fourth-order valence-corrected chi connectivity index (χ4v) is 4.36. The quantitative estimate of drug-likeness (QED) is 0.590. The number of phenols is 1. The molecule has 0 radical (unpaired) electrons. The van der Waals surface area contributed by atoms with Gasteiger partial charge in [-0.2, -0.15) is 10.4 Å². The van der Waals surface area contributed by atoms with Gasteiger partial charge in [-0.25, -0.2) is 5.01 Å². The van der Waals surface area contributed by atoms with E-state index in [1.807, 2.05) is 61.5 Å². The molecule has 7 nitrogen and oxygen atoms in total. The van der Waals surface area contributed by atoms with E-state index in [2.05, 4.69) is 10.4 Å². The zero-order valence-corrected chi connectivity index (χ0v) is 17.8. The summed E-state index contributed by atoms with van der Waals surface area (Å²) < 4.78 is 5.45. The van der Waals surface area contributed by atoms with E-state index in [9.17, 15) is 15.2 Å². The number of para-hydroxylation sites is 2. The number of carbonyl (C=O) groups excluding carboxylic acids is 1. The van der Waals surface area contributed by atoms with Crippen molar-refractivity contribution in [1.29, 1.82) is 5.26 Å². The van der Waals surface area contributed by atoms with Gasteiger partial charge in [0.25, 0.3) is 5.91 Å². The number of anilines is 2. The van der Waals surface area contributed by atoms with E-state index in [1.54, 1.807) is 18.2 Å². The van der Waals surface area contributed by atoms with Gasteiger partial charge in [0.1, 0.15) is 17.2 Å². The molecule has 0 saturated carbocycles. The molecule has 5 rings (SSSR count). The summed E-state index contributed by atoms with van der Waals surface area (Å²) in [5.74, 6) is -0.126. The molecule has 162 valence electrons. The van der Waals surface area contributed by atoms with Crippen molar-refractivity contribution >= 4 is 23.5 Å². The minimum atomic E-state index is -1.07. The molecule has 0 fully saturated rings. The molecule has 0 atom stereocenters. The maximum atomic E-state index is 13.3. The van der Waals surface area contributed by atoms with E-state index in [4.69, 9.17) is 4.74 Å². The average molecular weight is 436 g/mol. The second-order valence-corrected chi connectivity index (χ2v) is 7.67. The van der Waals surface area contributed by atoms with Gasteiger partial charge in [-0.15, -0.1) is 0 Å². The van der Waals surface area contributed by atoms with E-state index in [1.165, 1.54) is 17.3 Å². The van der Waals surface area contributed by atoms with Crippen LogP contribution in [0, 0.1) is 11.3 Å². The standard InChI is InChI=1S/C26H20N4O3/c1-2-33-24-13-17(11-12-23(24)31)16-28-30-25(32)18(15-27)14-26(30)19-7-3-5-9-21(19)29-22-10-6-4-8-20(22)26/h3-14,16,29,31H,2H2,1H3/b28-16+. The third-order valence-electron chi connectivity index (χ3n) is 5.78. The lowest BCUT2D eigenvalue weighted by molar-refractivity contribution is -0.128. The van der Waals surface area contributed by atoms with E-state index in [0.717, 1.165) is 22.5 Å². The Morgan fingerprint density at radius 2 is 1.79 bits per heavy atom. The third-order valence-corrected chi connectivity index (χ3v) is 5.78. The summed E-state index contributed by atoms with van der Waals surface area (Å²) in [6.45, 7) is 2.23. The zero-order chi connectivity index (χ0) is 23.0. The molecule has 1 spiro atoms. The molecule has 7 heteroatoms. The Kier molecular flexibility index (Phi) is 4.83. The van der Waals surface area contributed by atoms with Gasteiger partial charge in [0.05, 0.1) is 12.8 Å². The van der Waals surface area contributed by atoms with Gasteiger partial charge in [-0.05, 0) is 48.9 Å². The molecule has 2 heterocycles. The lowest BCUT2D eigenvalue weighted by Crippen LogP contribution is -2.44. The number of benzene rings is 3. The number of nitrogens with zero attached hydrogens (tertiary/aromatic N) is 3. The van der Waals surface area contributed by atoms with Crippen LogP contribution < -0.4 is 10.1 Å². The molecular weight excluding hydrogens is 416 g/mol. The Balaban J connectivity index is 1.68. The fraction of sp³-hybridized carbons (Fsp3) is 0.115. The van der Waals surface area contributed by atoms with E-state index in [0.29, 0.717) is 17.9 Å². The maximum absolute atomic E-state index is 13.3. The van der Waals surface area contributed by atoms with Crippen LogP contribution in [0.3, 0.4) is 0 Å². The van der Waals surface area contributed by atoms with Gasteiger partial charge in [-0.1, -0.05) is 36.4 Å². The highest BCUT2D eigenvalue weighted by atomic mass is 16.5. The molecule has 0 unspecified atom stereocenters. The minimum absolute atomic E-state index is 0.0253. The van der Waals surface area contributed by atoms with Gasteiger partial charge in [-0.3, -0.25) is 4.79 Å². The molecular formula is C26H20N4O3. The van der Waals surface area contributed by atoms with Crippen molar-refractivity contribution in [3.8, 4) is 17.6 Å². The van der Waals surface area contributed by atoms with E-state index < -0.39 is 11.4 Å². The summed E-state index contributed by atoms with van der Waals surface area (Å²) in [4.78, 5) is 13.3. The number of amides is 1. The van der Waals surface area contributed by atoms with Crippen molar-refractivity contribution in [3.63, 3.8) is 0 Å². The number of fused-ring (bicyclic) bond motifs is 4. The van der Waals surface area contributed by atoms with Crippen molar-refractivity contribution in [3.05, 3.63) is 95.1 Å². The van der Waals surface area contributed by atoms with Crippen LogP contribution in [-0.2, 0) is 10.3 Å². The summed E-state index contributed by atoms with van der Waals surface area (Å²) >= 11 is 0. The minimum Gasteiger partial charge on any atom is -0.504 e. The third kappa shape index (κ3) is 3.12. The molecule has 2 N–H and O–H groups in total. The Bertz CT molecular complexity index is 1320. The predicted octanol–water partition coefficient (Wildman–Crippen LogP) is 4.42. The van der Waals surface area contributed by atoms with Crippen LogP contribution in [0.15, 0.2) is 83.5 Å². The van der Waals surface area contributed by atoms with Crippen molar-refractivity contribution in [1.82, 2.24) is 5.01 Å². The van der Waals surface area contributed by atoms with Crippen LogP contribution >= 0.6 is 0 Å². The number of hydrogen-bond acceptors (Lipinski definition) is 6. The first-order valence-electron chi connectivity index (χ1n) is 10.5. The highest BCUT2D eigenvalue weighted by Crippen LogP contribution is 2.52. The fourth-order valence-electron chi connectivity index (χ4n) is 4.36. The molecule has 3 aromatic carbocycles. The largest absolute Gasteiger partial charge is 0.504 e. The van der Waals surface area contributed by atoms with Crippen LogP contribution in [0.5, 0.6) is 11.5 Å². The molecule has 33 heavy (non-hydrogen) atoms. The number of carbonyl (C=O) groups is 1. The van der Waals surface area contributed by atoms with Gasteiger partial charge >= 0.3 is 0 Å². The van der Waals surface area contributed by atoms with Gasteiger partial charge in [0.15, 0.2) is 11.5 Å². The number of nitriles is 1. The molecule has 0 aliphatic carbocycles.